The van der Waals surface area contributed by atoms with Crippen LogP contribution in [0.1, 0.15) is 27.0 Å². The molecule has 0 atom stereocenters. The highest BCUT2D eigenvalue weighted by Gasteiger charge is 2.14. The molecule has 0 saturated heterocycles. The molecule has 0 aliphatic rings. The first-order chi connectivity index (χ1) is 9.61. The second-order valence-electron chi connectivity index (χ2n) is 3.85. The molecule has 1 N–H and O–H groups in total. The van der Waals surface area contributed by atoms with Gasteiger partial charge in [0.2, 0.25) is 0 Å². The number of ether oxygens (including phenoxy) is 1. The quantitative estimate of drug-likeness (QED) is 0.873. The lowest BCUT2D eigenvalue weighted by Crippen LogP contribution is -2.11. The molecule has 2 aromatic rings. The monoisotopic (exact) mass is 309 g/mol. The van der Waals surface area contributed by atoms with E-state index in [1.165, 1.54) is 17.4 Å². The summed E-state index contributed by atoms with van der Waals surface area (Å²) in [5, 5.41) is 4.82. The zero-order valence-electron chi connectivity index (χ0n) is 10.7. The van der Waals surface area contributed by atoms with Gasteiger partial charge in [-0.25, -0.2) is 4.79 Å². The van der Waals surface area contributed by atoms with Crippen molar-refractivity contribution in [2.75, 3.05) is 11.9 Å². The number of thiophene rings is 1. The summed E-state index contributed by atoms with van der Waals surface area (Å²) in [5.41, 5.74) is 0.730. The Morgan fingerprint density at radius 2 is 2.15 bits per heavy atom. The molecule has 1 aromatic heterocycles. The van der Waals surface area contributed by atoms with Gasteiger partial charge in [-0.2, -0.15) is 0 Å². The Balaban J connectivity index is 2.19. The van der Waals surface area contributed by atoms with Gasteiger partial charge in [-0.1, -0.05) is 17.7 Å². The van der Waals surface area contributed by atoms with Crippen LogP contribution < -0.4 is 5.32 Å². The van der Waals surface area contributed by atoms with E-state index < -0.39 is 5.97 Å². The van der Waals surface area contributed by atoms with Gasteiger partial charge in [0.15, 0.2) is 0 Å². The summed E-state index contributed by atoms with van der Waals surface area (Å²) in [6, 6.07) is 8.22. The molecule has 0 radical (unpaired) electrons. The van der Waals surface area contributed by atoms with Gasteiger partial charge < -0.3 is 10.1 Å². The molecule has 0 unspecified atom stereocenters. The van der Waals surface area contributed by atoms with Gasteiger partial charge in [-0.15, -0.1) is 11.3 Å². The Kier molecular flexibility index (Phi) is 4.76. The Morgan fingerprint density at radius 3 is 2.80 bits per heavy atom. The van der Waals surface area contributed by atoms with Crippen molar-refractivity contribution in [1.82, 2.24) is 0 Å². The van der Waals surface area contributed by atoms with E-state index in [0.717, 1.165) is 0 Å². The number of halogens is 1. The van der Waals surface area contributed by atoms with Crippen LogP contribution in [0.5, 0.6) is 0 Å². The van der Waals surface area contributed by atoms with Gasteiger partial charge in [0.05, 0.1) is 22.1 Å². The maximum atomic E-state index is 11.9. The van der Waals surface area contributed by atoms with Crippen LogP contribution in [0, 0.1) is 0 Å². The van der Waals surface area contributed by atoms with Crippen LogP contribution in [0.4, 0.5) is 5.69 Å². The highest BCUT2D eigenvalue weighted by Crippen LogP contribution is 2.22. The van der Waals surface area contributed by atoms with Crippen LogP contribution in [0.15, 0.2) is 35.7 Å². The van der Waals surface area contributed by atoms with Crippen LogP contribution in [-0.4, -0.2) is 18.5 Å². The zero-order chi connectivity index (χ0) is 14.5. The van der Waals surface area contributed by atoms with Crippen LogP contribution in [-0.2, 0) is 4.74 Å². The first-order valence-corrected chi connectivity index (χ1v) is 7.19. The minimum Gasteiger partial charge on any atom is -0.462 e. The van der Waals surface area contributed by atoms with Crippen molar-refractivity contribution >= 4 is 40.5 Å². The topological polar surface area (TPSA) is 55.4 Å². The van der Waals surface area contributed by atoms with Gasteiger partial charge in [-0.05, 0) is 36.6 Å². The average molecular weight is 310 g/mol. The molecule has 0 bridgehead atoms. The Hall–Kier alpha value is -1.85. The second-order valence-corrected chi connectivity index (χ2v) is 5.20. The first-order valence-electron chi connectivity index (χ1n) is 5.93. The standard InChI is InChI=1S/C14H12ClNO3S/c1-2-19-14(18)10-8-9(5-6-11(10)15)16-13(17)12-4-3-7-20-12/h3-8H,2H2,1H3,(H,16,17). The number of hydrogen-bond donors (Lipinski definition) is 1. The van der Waals surface area contributed by atoms with E-state index in [1.807, 2.05) is 5.38 Å². The van der Waals surface area contributed by atoms with Crippen molar-refractivity contribution in [3.63, 3.8) is 0 Å². The molecule has 20 heavy (non-hydrogen) atoms. The third-order valence-corrected chi connectivity index (χ3v) is 3.66. The van der Waals surface area contributed by atoms with Gasteiger partial charge in [0.1, 0.15) is 0 Å². The van der Waals surface area contributed by atoms with E-state index in [1.54, 1.807) is 31.2 Å². The molecule has 0 aliphatic heterocycles. The van der Waals surface area contributed by atoms with Gasteiger partial charge in [0, 0.05) is 5.69 Å². The Bertz CT molecular complexity index is 625. The Morgan fingerprint density at radius 1 is 1.35 bits per heavy atom. The molecule has 2 rings (SSSR count). The van der Waals surface area contributed by atoms with E-state index in [0.29, 0.717) is 10.6 Å². The first kappa shape index (κ1) is 14.6. The van der Waals surface area contributed by atoms with Crippen molar-refractivity contribution in [1.29, 1.82) is 0 Å². The van der Waals surface area contributed by atoms with E-state index in [9.17, 15) is 9.59 Å². The fourth-order valence-corrected chi connectivity index (χ4v) is 2.38. The molecule has 0 fully saturated rings. The largest absolute Gasteiger partial charge is 0.462 e. The molecular formula is C14H12ClNO3S. The molecule has 6 heteroatoms. The van der Waals surface area contributed by atoms with Gasteiger partial charge in [0.25, 0.3) is 5.91 Å². The minimum atomic E-state index is -0.510. The van der Waals surface area contributed by atoms with Crippen molar-refractivity contribution in [2.45, 2.75) is 6.92 Å². The maximum Gasteiger partial charge on any atom is 0.339 e. The SMILES string of the molecule is CCOC(=O)c1cc(NC(=O)c2cccs2)ccc1Cl. The second kappa shape index (κ2) is 6.54. The smallest absolute Gasteiger partial charge is 0.339 e. The lowest BCUT2D eigenvalue weighted by Gasteiger charge is -2.08. The van der Waals surface area contributed by atoms with Crippen LogP contribution in [0.2, 0.25) is 5.02 Å². The van der Waals surface area contributed by atoms with Crippen molar-refractivity contribution in [3.05, 3.63) is 51.2 Å². The summed E-state index contributed by atoms with van der Waals surface area (Å²) in [6.07, 6.45) is 0. The van der Waals surface area contributed by atoms with E-state index in [-0.39, 0.29) is 23.1 Å². The van der Waals surface area contributed by atoms with E-state index >= 15 is 0 Å². The predicted molar refractivity (Wildman–Crippen MR) is 79.7 cm³/mol. The molecule has 104 valence electrons. The van der Waals surface area contributed by atoms with Crippen LogP contribution in [0.25, 0.3) is 0 Å². The molecule has 1 heterocycles. The number of hydrogen-bond acceptors (Lipinski definition) is 4. The molecule has 0 saturated carbocycles. The highest BCUT2D eigenvalue weighted by molar-refractivity contribution is 7.12. The highest BCUT2D eigenvalue weighted by atomic mass is 35.5. The molecule has 4 nitrogen and oxygen atoms in total. The van der Waals surface area contributed by atoms with Crippen molar-refractivity contribution in [2.24, 2.45) is 0 Å². The zero-order valence-corrected chi connectivity index (χ0v) is 12.3. The van der Waals surface area contributed by atoms with Crippen molar-refractivity contribution in [3.8, 4) is 0 Å². The van der Waals surface area contributed by atoms with Gasteiger partial charge in [-0.3, -0.25) is 4.79 Å². The van der Waals surface area contributed by atoms with Crippen LogP contribution >= 0.6 is 22.9 Å². The average Bonchev–Trinajstić information content (AvgIpc) is 2.95. The number of carbonyl (C=O) groups excluding carboxylic acids is 2. The normalized spacial score (nSPS) is 10.1. The summed E-state index contributed by atoms with van der Waals surface area (Å²) in [4.78, 5) is 24.2. The maximum absolute atomic E-state index is 11.9. The third kappa shape index (κ3) is 3.37. The number of rotatable bonds is 4. The van der Waals surface area contributed by atoms with Crippen molar-refractivity contribution < 1.29 is 14.3 Å². The summed E-state index contributed by atoms with van der Waals surface area (Å²) >= 11 is 7.29. The molecule has 0 spiro atoms. The number of carbonyl (C=O) groups is 2. The lowest BCUT2D eigenvalue weighted by molar-refractivity contribution is 0.0526. The number of benzene rings is 1. The predicted octanol–water partition coefficient (Wildman–Crippen LogP) is 3.83. The molecular weight excluding hydrogens is 298 g/mol. The van der Waals surface area contributed by atoms with Crippen LogP contribution in [0.3, 0.4) is 0 Å². The lowest BCUT2D eigenvalue weighted by atomic mass is 10.2. The number of esters is 1. The molecule has 1 amide bonds. The molecule has 1 aromatic carbocycles. The minimum absolute atomic E-state index is 0.225. The molecule has 0 aliphatic carbocycles. The summed E-state index contributed by atoms with van der Waals surface area (Å²) in [5.74, 6) is -0.734. The third-order valence-electron chi connectivity index (χ3n) is 2.46. The van der Waals surface area contributed by atoms with E-state index in [4.69, 9.17) is 16.3 Å². The Labute approximate surface area is 125 Å². The fraction of sp³-hybridized carbons (Fsp3) is 0.143. The summed E-state index contributed by atoms with van der Waals surface area (Å²) in [7, 11) is 0. The summed E-state index contributed by atoms with van der Waals surface area (Å²) < 4.78 is 4.91. The fourth-order valence-electron chi connectivity index (χ4n) is 1.57. The van der Waals surface area contributed by atoms with E-state index in [2.05, 4.69) is 5.32 Å². The van der Waals surface area contributed by atoms with Gasteiger partial charge >= 0.3 is 5.97 Å². The number of nitrogens with one attached hydrogen (secondary N) is 1. The number of amides is 1. The summed E-state index contributed by atoms with van der Waals surface area (Å²) in [6.45, 7) is 1.98. The number of anilines is 1.